The van der Waals surface area contributed by atoms with Gasteiger partial charge in [0.1, 0.15) is 11.5 Å². The third-order valence-corrected chi connectivity index (χ3v) is 3.90. The molecular formula is C20H23N3O3S. The van der Waals surface area contributed by atoms with Gasteiger partial charge in [-0.3, -0.25) is 25.8 Å². The van der Waals surface area contributed by atoms with Crippen molar-refractivity contribution < 1.29 is 14.0 Å². The summed E-state index contributed by atoms with van der Waals surface area (Å²) in [4.78, 5) is 23.9. The van der Waals surface area contributed by atoms with Gasteiger partial charge < -0.3 is 4.42 Å². The number of hydrazine groups is 1. The number of hydrogen-bond donors (Lipinski definition) is 3. The highest BCUT2D eigenvalue weighted by molar-refractivity contribution is 7.80. The van der Waals surface area contributed by atoms with Gasteiger partial charge in [-0.05, 0) is 60.5 Å². The van der Waals surface area contributed by atoms with E-state index in [4.69, 9.17) is 16.6 Å². The molecule has 2 aromatic rings. The van der Waals surface area contributed by atoms with Gasteiger partial charge in [-0.2, -0.15) is 0 Å². The minimum Gasteiger partial charge on any atom is -0.462 e. The van der Waals surface area contributed by atoms with Crippen LogP contribution in [0, 0.1) is 6.92 Å². The van der Waals surface area contributed by atoms with Crippen LogP contribution in [0.1, 0.15) is 48.2 Å². The Morgan fingerprint density at radius 2 is 1.70 bits per heavy atom. The van der Waals surface area contributed by atoms with Crippen molar-refractivity contribution in [1.82, 2.24) is 16.2 Å². The van der Waals surface area contributed by atoms with Crippen molar-refractivity contribution in [3.8, 4) is 0 Å². The number of furan rings is 1. The number of nitrogens with one attached hydrogen (secondary N) is 3. The summed E-state index contributed by atoms with van der Waals surface area (Å²) in [7, 11) is 0. The molecule has 0 saturated carbocycles. The van der Waals surface area contributed by atoms with Crippen molar-refractivity contribution in [3.63, 3.8) is 0 Å². The Labute approximate surface area is 164 Å². The first-order valence-electron chi connectivity index (χ1n) is 8.41. The van der Waals surface area contributed by atoms with Gasteiger partial charge in [0.2, 0.25) is 5.91 Å². The Bertz CT molecular complexity index is 861. The highest BCUT2D eigenvalue weighted by atomic mass is 32.1. The highest BCUT2D eigenvalue weighted by Crippen LogP contribution is 2.22. The van der Waals surface area contributed by atoms with Crippen LogP contribution in [-0.2, 0) is 10.2 Å². The molecule has 2 rings (SSSR count). The van der Waals surface area contributed by atoms with Crippen LogP contribution in [0.3, 0.4) is 0 Å². The van der Waals surface area contributed by atoms with E-state index in [2.05, 4.69) is 36.9 Å². The van der Waals surface area contributed by atoms with Gasteiger partial charge in [-0.1, -0.05) is 32.9 Å². The Morgan fingerprint density at radius 1 is 1.04 bits per heavy atom. The minimum absolute atomic E-state index is 0.0139. The highest BCUT2D eigenvalue weighted by Gasteiger charge is 2.14. The normalized spacial score (nSPS) is 11.3. The van der Waals surface area contributed by atoms with Gasteiger partial charge in [-0.25, -0.2) is 0 Å². The van der Waals surface area contributed by atoms with Crippen LogP contribution in [0.2, 0.25) is 0 Å². The monoisotopic (exact) mass is 385 g/mol. The molecule has 2 amide bonds. The average Bonchev–Trinajstić information content (AvgIpc) is 3.02. The van der Waals surface area contributed by atoms with E-state index in [9.17, 15) is 9.59 Å². The second kappa shape index (κ2) is 8.64. The number of aryl methyl sites for hydroxylation is 1. The first-order valence-corrected chi connectivity index (χ1v) is 8.82. The van der Waals surface area contributed by atoms with Crippen molar-refractivity contribution in [2.75, 3.05) is 0 Å². The lowest BCUT2D eigenvalue weighted by atomic mass is 9.87. The summed E-state index contributed by atoms with van der Waals surface area (Å²) < 4.78 is 5.32. The fourth-order valence-corrected chi connectivity index (χ4v) is 2.34. The maximum absolute atomic E-state index is 12.1. The Kier molecular flexibility index (Phi) is 6.52. The van der Waals surface area contributed by atoms with Crippen LogP contribution in [0.15, 0.2) is 46.9 Å². The first-order chi connectivity index (χ1) is 12.6. The minimum atomic E-state index is -0.440. The van der Waals surface area contributed by atoms with E-state index in [1.165, 1.54) is 12.2 Å². The van der Waals surface area contributed by atoms with E-state index < -0.39 is 5.91 Å². The van der Waals surface area contributed by atoms with Gasteiger partial charge in [0.15, 0.2) is 5.11 Å². The second-order valence-corrected chi connectivity index (χ2v) is 7.41. The van der Waals surface area contributed by atoms with Gasteiger partial charge in [-0.15, -0.1) is 0 Å². The van der Waals surface area contributed by atoms with E-state index >= 15 is 0 Å². The van der Waals surface area contributed by atoms with E-state index in [0.29, 0.717) is 11.3 Å². The molecule has 0 saturated heterocycles. The van der Waals surface area contributed by atoms with Crippen LogP contribution in [0.25, 0.3) is 6.08 Å². The predicted octanol–water partition coefficient (Wildman–Crippen LogP) is 3.23. The average molecular weight is 385 g/mol. The molecule has 0 radical (unpaired) electrons. The number of carbonyl (C=O) groups is 2. The fourth-order valence-electron chi connectivity index (χ4n) is 2.19. The Morgan fingerprint density at radius 3 is 2.26 bits per heavy atom. The number of thiocarbonyl (C=S) groups is 1. The molecule has 0 bridgehead atoms. The van der Waals surface area contributed by atoms with Gasteiger partial charge in [0, 0.05) is 11.6 Å². The molecule has 1 aromatic carbocycles. The van der Waals surface area contributed by atoms with Gasteiger partial charge in [0.25, 0.3) is 5.91 Å². The smallest absolute Gasteiger partial charge is 0.269 e. The van der Waals surface area contributed by atoms with Crippen molar-refractivity contribution in [2.24, 2.45) is 0 Å². The van der Waals surface area contributed by atoms with E-state index in [-0.39, 0.29) is 16.4 Å². The zero-order chi connectivity index (χ0) is 20.0. The molecule has 27 heavy (non-hydrogen) atoms. The van der Waals surface area contributed by atoms with Gasteiger partial charge in [0.05, 0.1) is 0 Å². The third-order valence-electron chi connectivity index (χ3n) is 3.70. The molecule has 0 unspecified atom stereocenters. The van der Waals surface area contributed by atoms with E-state index in [1.807, 2.05) is 19.1 Å². The molecule has 0 spiro atoms. The molecule has 1 aromatic heterocycles. The molecule has 0 aliphatic carbocycles. The molecule has 142 valence electrons. The standard InChI is InChI=1S/C20H23N3O3S/c1-13-5-10-16(26-13)11-12-17(24)21-19(27)23-22-18(25)14-6-8-15(9-7-14)20(2,3)4/h5-12H,1-4H3,(H,22,25)(H2,21,23,24,27)/b12-11+. The first kappa shape index (κ1) is 20.4. The van der Waals surface area contributed by atoms with Gasteiger partial charge >= 0.3 is 0 Å². The lowest BCUT2D eigenvalue weighted by Gasteiger charge is -2.19. The number of amides is 2. The molecule has 1 heterocycles. The number of hydrogen-bond acceptors (Lipinski definition) is 4. The largest absolute Gasteiger partial charge is 0.462 e. The zero-order valence-corrected chi connectivity index (χ0v) is 16.6. The summed E-state index contributed by atoms with van der Waals surface area (Å²) in [6, 6.07) is 10.9. The third kappa shape index (κ3) is 6.38. The predicted molar refractivity (Wildman–Crippen MR) is 109 cm³/mol. The van der Waals surface area contributed by atoms with Crippen LogP contribution in [-0.4, -0.2) is 16.9 Å². The van der Waals surface area contributed by atoms with Crippen molar-refractivity contribution >= 4 is 35.2 Å². The topological polar surface area (TPSA) is 83.4 Å². The molecule has 0 fully saturated rings. The maximum atomic E-state index is 12.1. The fraction of sp³-hybridized carbons (Fsp3) is 0.250. The van der Waals surface area contributed by atoms with Crippen LogP contribution >= 0.6 is 12.2 Å². The SMILES string of the molecule is Cc1ccc(/C=C/C(=O)NC(=S)NNC(=O)c2ccc(C(C)(C)C)cc2)o1. The summed E-state index contributed by atoms with van der Waals surface area (Å²) in [5, 5.41) is 2.42. The van der Waals surface area contributed by atoms with E-state index in [1.54, 1.807) is 24.3 Å². The summed E-state index contributed by atoms with van der Waals surface area (Å²) in [5.41, 5.74) is 6.59. The number of rotatable bonds is 3. The lowest BCUT2D eigenvalue weighted by molar-refractivity contribution is -0.115. The summed E-state index contributed by atoms with van der Waals surface area (Å²) in [6.07, 6.45) is 2.82. The Hall–Kier alpha value is -2.93. The van der Waals surface area contributed by atoms with Crippen LogP contribution < -0.4 is 16.2 Å². The van der Waals surface area contributed by atoms with E-state index in [0.717, 1.165) is 11.3 Å². The quantitative estimate of drug-likeness (QED) is 0.429. The lowest BCUT2D eigenvalue weighted by Crippen LogP contribution is -2.48. The molecule has 7 heteroatoms. The molecule has 6 nitrogen and oxygen atoms in total. The summed E-state index contributed by atoms with van der Waals surface area (Å²) in [6.45, 7) is 8.13. The Balaban J connectivity index is 1.81. The molecule has 3 N–H and O–H groups in total. The molecule has 0 aliphatic heterocycles. The number of carbonyl (C=O) groups excluding carboxylic acids is 2. The van der Waals surface area contributed by atoms with Crippen molar-refractivity contribution in [2.45, 2.75) is 33.1 Å². The second-order valence-electron chi connectivity index (χ2n) is 7.01. The summed E-state index contributed by atoms with van der Waals surface area (Å²) in [5.74, 6) is 0.526. The molecular weight excluding hydrogens is 362 g/mol. The summed E-state index contributed by atoms with van der Waals surface area (Å²) >= 11 is 4.99. The molecule has 0 atom stereocenters. The maximum Gasteiger partial charge on any atom is 0.269 e. The van der Waals surface area contributed by atoms with Crippen molar-refractivity contribution in [3.05, 3.63) is 65.1 Å². The molecule has 0 aliphatic rings. The number of benzene rings is 1. The van der Waals surface area contributed by atoms with Crippen LogP contribution in [0.5, 0.6) is 0 Å². The van der Waals surface area contributed by atoms with Crippen LogP contribution in [0.4, 0.5) is 0 Å². The zero-order valence-electron chi connectivity index (χ0n) is 15.8. The van der Waals surface area contributed by atoms with Crippen molar-refractivity contribution in [1.29, 1.82) is 0 Å².